The Kier molecular flexibility index (Phi) is 3.71. The van der Waals surface area contributed by atoms with Crippen LogP contribution in [0, 0.1) is 17.5 Å². The van der Waals surface area contributed by atoms with Crippen molar-refractivity contribution in [1.82, 2.24) is 0 Å². The summed E-state index contributed by atoms with van der Waals surface area (Å²) in [5.41, 5.74) is -0.215. The number of halogens is 3. The van der Waals surface area contributed by atoms with Crippen LogP contribution < -0.4 is 0 Å². The van der Waals surface area contributed by atoms with Crippen molar-refractivity contribution < 1.29 is 22.7 Å². The van der Waals surface area contributed by atoms with Gasteiger partial charge < -0.3 is 4.74 Å². The molecule has 0 saturated heterocycles. The molecule has 0 aliphatic heterocycles. The van der Waals surface area contributed by atoms with Crippen molar-refractivity contribution >= 4 is 5.97 Å². The Hall–Kier alpha value is -1.52. The van der Waals surface area contributed by atoms with Crippen LogP contribution in [-0.2, 0) is 16.0 Å². The van der Waals surface area contributed by atoms with Crippen molar-refractivity contribution in [2.24, 2.45) is 0 Å². The molecule has 82 valence electrons. The second kappa shape index (κ2) is 4.82. The van der Waals surface area contributed by atoms with Gasteiger partial charge in [0, 0.05) is 5.56 Å². The van der Waals surface area contributed by atoms with Crippen LogP contribution in [0.3, 0.4) is 0 Å². The van der Waals surface area contributed by atoms with Crippen LogP contribution in [0.15, 0.2) is 12.1 Å². The number of ether oxygens (including phenoxy) is 1. The Morgan fingerprint density at radius 3 is 2.53 bits per heavy atom. The molecule has 0 atom stereocenters. The lowest BCUT2D eigenvalue weighted by molar-refractivity contribution is -0.142. The highest BCUT2D eigenvalue weighted by molar-refractivity contribution is 5.72. The fraction of sp³-hybridized carbons (Fsp3) is 0.300. The standard InChI is InChI=1S/C10H9F3O2/c1-2-15-8(14)5-6-3-4-7(11)10(13)9(6)12/h3-4H,2,5H2,1H3. The van der Waals surface area contributed by atoms with Gasteiger partial charge in [-0.15, -0.1) is 0 Å². The summed E-state index contributed by atoms with van der Waals surface area (Å²) in [6.07, 6.45) is -0.406. The van der Waals surface area contributed by atoms with Gasteiger partial charge in [-0.2, -0.15) is 0 Å². The van der Waals surface area contributed by atoms with E-state index in [1.54, 1.807) is 6.92 Å². The molecule has 2 nitrogen and oxygen atoms in total. The van der Waals surface area contributed by atoms with E-state index in [0.29, 0.717) is 0 Å². The second-order valence-corrected chi connectivity index (χ2v) is 2.82. The smallest absolute Gasteiger partial charge is 0.310 e. The molecule has 1 aromatic carbocycles. The van der Waals surface area contributed by atoms with Gasteiger partial charge in [-0.1, -0.05) is 6.07 Å². The molecular formula is C10H9F3O2. The molecule has 0 spiro atoms. The Morgan fingerprint density at radius 2 is 1.93 bits per heavy atom. The van der Waals surface area contributed by atoms with Gasteiger partial charge in [0.1, 0.15) is 0 Å². The molecule has 1 rings (SSSR count). The minimum Gasteiger partial charge on any atom is -0.466 e. The Balaban J connectivity index is 2.87. The van der Waals surface area contributed by atoms with Gasteiger partial charge >= 0.3 is 5.97 Å². The summed E-state index contributed by atoms with van der Waals surface area (Å²) >= 11 is 0. The van der Waals surface area contributed by atoms with E-state index in [9.17, 15) is 18.0 Å². The second-order valence-electron chi connectivity index (χ2n) is 2.82. The van der Waals surface area contributed by atoms with E-state index in [2.05, 4.69) is 4.74 Å². The predicted octanol–water partition coefficient (Wildman–Crippen LogP) is 2.21. The van der Waals surface area contributed by atoms with E-state index >= 15 is 0 Å². The van der Waals surface area contributed by atoms with E-state index in [-0.39, 0.29) is 12.2 Å². The molecule has 0 aliphatic carbocycles. The number of esters is 1. The van der Waals surface area contributed by atoms with Gasteiger partial charge in [0.25, 0.3) is 0 Å². The molecule has 5 heteroatoms. The summed E-state index contributed by atoms with van der Waals surface area (Å²) < 4.78 is 42.8. The van der Waals surface area contributed by atoms with Gasteiger partial charge in [0.05, 0.1) is 13.0 Å². The molecular weight excluding hydrogens is 209 g/mol. The third kappa shape index (κ3) is 2.71. The first-order valence-electron chi connectivity index (χ1n) is 4.34. The lowest BCUT2D eigenvalue weighted by atomic mass is 10.1. The molecule has 0 bridgehead atoms. The molecule has 0 unspecified atom stereocenters. The van der Waals surface area contributed by atoms with Gasteiger partial charge in [-0.3, -0.25) is 4.79 Å². The Morgan fingerprint density at radius 1 is 1.27 bits per heavy atom. The molecule has 0 N–H and O–H groups in total. The number of carbonyl (C=O) groups excluding carboxylic acids is 1. The third-order valence-electron chi connectivity index (χ3n) is 1.76. The molecule has 0 saturated carbocycles. The molecule has 0 fully saturated rings. The summed E-state index contributed by atoms with van der Waals surface area (Å²) in [7, 11) is 0. The first-order chi connectivity index (χ1) is 7.06. The molecule has 1 aromatic rings. The van der Waals surface area contributed by atoms with Gasteiger partial charge in [0.2, 0.25) is 0 Å². The average molecular weight is 218 g/mol. The molecule has 0 heterocycles. The first-order valence-corrected chi connectivity index (χ1v) is 4.34. The van der Waals surface area contributed by atoms with Crippen molar-refractivity contribution in [1.29, 1.82) is 0 Å². The summed E-state index contributed by atoms with van der Waals surface area (Å²) in [6, 6.07) is 1.79. The van der Waals surface area contributed by atoms with Crippen molar-refractivity contribution in [3.05, 3.63) is 35.1 Å². The molecule has 0 radical (unpaired) electrons. The topological polar surface area (TPSA) is 26.3 Å². The number of hydrogen-bond donors (Lipinski definition) is 0. The summed E-state index contributed by atoms with van der Waals surface area (Å²) in [5, 5.41) is 0. The number of hydrogen-bond acceptors (Lipinski definition) is 2. The Bertz CT molecular complexity index is 377. The maximum Gasteiger partial charge on any atom is 0.310 e. The minimum absolute atomic E-state index is 0.157. The predicted molar refractivity (Wildman–Crippen MR) is 46.7 cm³/mol. The van der Waals surface area contributed by atoms with Crippen LogP contribution in [0.1, 0.15) is 12.5 Å². The van der Waals surface area contributed by atoms with Crippen LogP contribution in [0.4, 0.5) is 13.2 Å². The number of benzene rings is 1. The van der Waals surface area contributed by atoms with Crippen LogP contribution in [0.25, 0.3) is 0 Å². The zero-order valence-electron chi connectivity index (χ0n) is 8.02. The van der Waals surface area contributed by atoms with E-state index in [0.717, 1.165) is 12.1 Å². The van der Waals surface area contributed by atoms with Crippen molar-refractivity contribution in [2.45, 2.75) is 13.3 Å². The minimum atomic E-state index is -1.57. The van der Waals surface area contributed by atoms with Crippen LogP contribution in [-0.4, -0.2) is 12.6 Å². The highest BCUT2D eigenvalue weighted by Gasteiger charge is 2.15. The maximum absolute atomic E-state index is 13.0. The lowest BCUT2D eigenvalue weighted by Gasteiger charge is -2.04. The largest absolute Gasteiger partial charge is 0.466 e. The quantitative estimate of drug-likeness (QED) is 0.574. The zero-order valence-corrected chi connectivity index (χ0v) is 8.02. The van der Waals surface area contributed by atoms with Gasteiger partial charge in [0.15, 0.2) is 17.5 Å². The molecule has 0 aromatic heterocycles. The first kappa shape index (κ1) is 11.6. The fourth-order valence-corrected chi connectivity index (χ4v) is 1.07. The van der Waals surface area contributed by atoms with Crippen molar-refractivity contribution in [3.63, 3.8) is 0 Å². The summed E-state index contributed by atoms with van der Waals surface area (Å²) in [4.78, 5) is 11.0. The normalized spacial score (nSPS) is 10.1. The molecule has 15 heavy (non-hydrogen) atoms. The monoisotopic (exact) mass is 218 g/mol. The van der Waals surface area contributed by atoms with Crippen molar-refractivity contribution in [3.8, 4) is 0 Å². The van der Waals surface area contributed by atoms with Crippen LogP contribution in [0.2, 0.25) is 0 Å². The van der Waals surface area contributed by atoms with Crippen LogP contribution >= 0.6 is 0 Å². The van der Waals surface area contributed by atoms with Crippen molar-refractivity contribution in [2.75, 3.05) is 6.61 Å². The maximum atomic E-state index is 13.0. The Labute approximate surface area is 84.7 Å². The van der Waals surface area contributed by atoms with Gasteiger partial charge in [-0.25, -0.2) is 13.2 Å². The van der Waals surface area contributed by atoms with E-state index in [4.69, 9.17) is 0 Å². The number of carbonyl (C=O) groups is 1. The van der Waals surface area contributed by atoms with E-state index in [1.165, 1.54) is 0 Å². The highest BCUT2D eigenvalue weighted by atomic mass is 19.2. The highest BCUT2D eigenvalue weighted by Crippen LogP contribution is 2.15. The molecule has 0 aliphatic rings. The van der Waals surface area contributed by atoms with Crippen LogP contribution in [0.5, 0.6) is 0 Å². The fourth-order valence-electron chi connectivity index (χ4n) is 1.07. The van der Waals surface area contributed by atoms with E-state index < -0.39 is 29.8 Å². The summed E-state index contributed by atoms with van der Waals surface area (Å²) in [5.74, 6) is -4.87. The van der Waals surface area contributed by atoms with E-state index in [1.807, 2.05) is 0 Å². The molecule has 0 amide bonds. The summed E-state index contributed by atoms with van der Waals surface area (Å²) in [6.45, 7) is 1.75. The zero-order chi connectivity index (χ0) is 11.4. The SMILES string of the molecule is CCOC(=O)Cc1ccc(F)c(F)c1F. The lowest BCUT2D eigenvalue weighted by Crippen LogP contribution is -2.10. The average Bonchev–Trinajstić information content (AvgIpc) is 2.20. The number of rotatable bonds is 3. The van der Waals surface area contributed by atoms with Gasteiger partial charge in [-0.05, 0) is 13.0 Å². The third-order valence-corrected chi connectivity index (χ3v) is 1.76.